The van der Waals surface area contributed by atoms with Crippen LogP contribution in [0.15, 0.2) is 18.2 Å². The number of benzene rings is 1. The Morgan fingerprint density at radius 3 is 2.76 bits per heavy atom. The Bertz CT molecular complexity index is 454. The first-order chi connectivity index (χ1) is 7.95. The maximum atomic E-state index is 12.2. The molecule has 0 bridgehead atoms. The molecule has 2 rings (SSSR count). The number of nitrogens with zero attached hydrogens (tertiary/aromatic N) is 1. The van der Waals surface area contributed by atoms with Crippen LogP contribution in [0.3, 0.4) is 0 Å². The van der Waals surface area contributed by atoms with Crippen molar-refractivity contribution in [3.63, 3.8) is 0 Å². The van der Waals surface area contributed by atoms with Gasteiger partial charge < -0.3 is 14.7 Å². The van der Waals surface area contributed by atoms with Crippen molar-refractivity contribution < 1.29 is 14.6 Å². The van der Waals surface area contributed by atoms with Crippen molar-refractivity contribution in [1.29, 1.82) is 0 Å². The monoisotopic (exact) mass is 235 g/mol. The molecule has 1 aromatic rings. The summed E-state index contributed by atoms with van der Waals surface area (Å²) in [4.78, 5) is 13.9. The van der Waals surface area contributed by atoms with Crippen molar-refractivity contribution in [2.45, 2.75) is 32.8 Å². The second-order valence-corrected chi connectivity index (χ2v) is 4.72. The van der Waals surface area contributed by atoms with Gasteiger partial charge in [0.15, 0.2) is 5.60 Å². The number of carbonyl (C=O) groups is 1. The third-order valence-electron chi connectivity index (χ3n) is 2.81. The number of anilines is 1. The molecule has 1 aromatic carbocycles. The summed E-state index contributed by atoms with van der Waals surface area (Å²) in [6.45, 7) is 6.16. The number of amides is 1. The minimum absolute atomic E-state index is 0.0439. The van der Waals surface area contributed by atoms with Crippen LogP contribution in [0, 0.1) is 0 Å². The molecule has 0 saturated carbocycles. The third kappa shape index (κ3) is 1.95. The summed E-state index contributed by atoms with van der Waals surface area (Å²) < 4.78 is 5.64. The molecule has 1 aliphatic heterocycles. The smallest absolute Gasteiger partial charge is 0.270 e. The third-order valence-corrected chi connectivity index (χ3v) is 2.81. The van der Waals surface area contributed by atoms with Gasteiger partial charge in [-0.3, -0.25) is 4.79 Å². The topological polar surface area (TPSA) is 49.8 Å². The molecule has 1 heterocycles. The number of ether oxygens (including phenoxy) is 1. The Hall–Kier alpha value is -1.71. The van der Waals surface area contributed by atoms with Gasteiger partial charge in [-0.15, -0.1) is 0 Å². The fraction of sp³-hybridized carbons (Fsp3) is 0.462. The van der Waals surface area contributed by atoms with Crippen molar-refractivity contribution in [2.75, 3.05) is 11.4 Å². The predicted octanol–water partition coefficient (Wildman–Crippen LogP) is 2.31. The van der Waals surface area contributed by atoms with Gasteiger partial charge in [0.25, 0.3) is 5.91 Å². The molecule has 0 atom stereocenters. The van der Waals surface area contributed by atoms with Crippen LogP contribution in [0.2, 0.25) is 0 Å². The molecule has 0 fully saturated rings. The lowest BCUT2D eigenvalue weighted by Crippen LogP contribution is -2.52. The van der Waals surface area contributed by atoms with Gasteiger partial charge in [0.1, 0.15) is 11.5 Å². The maximum Gasteiger partial charge on any atom is 0.270 e. The highest BCUT2D eigenvalue weighted by molar-refractivity contribution is 6.02. The zero-order valence-corrected chi connectivity index (χ0v) is 10.4. The molecule has 0 spiro atoms. The Morgan fingerprint density at radius 1 is 1.41 bits per heavy atom. The summed E-state index contributed by atoms with van der Waals surface area (Å²) in [7, 11) is 0. The van der Waals surface area contributed by atoms with Crippen molar-refractivity contribution in [3.05, 3.63) is 18.2 Å². The maximum absolute atomic E-state index is 12.2. The molecule has 0 saturated heterocycles. The molecule has 1 N–H and O–H groups in total. The van der Waals surface area contributed by atoms with E-state index in [1.54, 1.807) is 36.9 Å². The van der Waals surface area contributed by atoms with E-state index in [0.717, 1.165) is 12.1 Å². The van der Waals surface area contributed by atoms with Crippen LogP contribution < -0.4 is 9.64 Å². The molecule has 0 aliphatic carbocycles. The van der Waals surface area contributed by atoms with E-state index in [1.807, 2.05) is 6.92 Å². The Labute approximate surface area is 101 Å². The Kier molecular flexibility index (Phi) is 2.73. The second kappa shape index (κ2) is 3.95. The summed E-state index contributed by atoms with van der Waals surface area (Å²) in [6, 6.07) is 4.83. The van der Waals surface area contributed by atoms with E-state index in [9.17, 15) is 9.90 Å². The molecule has 17 heavy (non-hydrogen) atoms. The SMILES string of the molecule is CCCN1C(=O)C(C)(C)Oc2cc(O)ccc21. The quantitative estimate of drug-likeness (QED) is 0.855. The van der Waals surface area contributed by atoms with Gasteiger partial charge in [-0.25, -0.2) is 0 Å². The fourth-order valence-corrected chi connectivity index (χ4v) is 2.01. The molecular formula is C13H17NO3. The zero-order valence-electron chi connectivity index (χ0n) is 10.4. The molecule has 0 radical (unpaired) electrons. The number of rotatable bonds is 2. The normalized spacial score (nSPS) is 17.6. The van der Waals surface area contributed by atoms with Gasteiger partial charge in [-0.1, -0.05) is 6.92 Å². The molecule has 4 heteroatoms. The van der Waals surface area contributed by atoms with Crippen LogP contribution in [-0.2, 0) is 4.79 Å². The lowest BCUT2D eigenvalue weighted by Gasteiger charge is -2.38. The molecule has 92 valence electrons. The summed E-state index contributed by atoms with van der Waals surface area (Å²) in [5.74, 6) is 0.658. The van der Waals surface area contributed by atoms with Crippen molar-refractivity contribution >= 4 is 11.6 Å². The molecular weight excluding hydrogens is 218 g/mol. The van der Waals surface area contributed by atoms with Gasteiger partial charge in [0, 0.05) is 12.6 Å². The molecule has 0 aromatic heterocycles. The summed E-state index contributed by atoms with van der Waals surface area (Å²) in [5, 5.41) is 9.46. The summed E-state index contributed by atoms with van der Waals surface area (Å²) >= 11 is 0. The minimum atomic E-state index is -0.879. The number of fused-ring (bicyclic) bond motifs is 1. The molecule has 0 unspecified atom stereocenters. The number of hydrogen-bond acceptors (Lipinski definition) is 3. The largest absolute Gasteiger partial charge is 0.508 e. The lowest BCUT2D eigenvalue weighted by atomic mass is 10.0. The Balaban J connectivity index is 2.50. The highest BCUT2D eigenvalue weighted by Gasteiger charge is 2.40. The Morgan fingerprint density at radius 2 is 2.12 bits per heavy atom. The first kappa shape index (κ1) is 11.8. The molecule has 1 amide bonds. The average Bonchev–Trinajstić information content (AvgIpc) is 2.24. The standard InChI is InChI=1S/C13H17NO3/c1-4-7-14-10-6-5-9(15)8-11(10)17-13(2,3)12(14)16/h5-6,8,15H,4,7H2,1-3H3. The average molecular weight is 235 g/mol. The fourth-order valence-electron chi connectivity index (χ4n) is 2.01. The van der Waals surface area contributed by atoms with E-state index in [0.29, 0.717) is 12.3 Å². The van der Waals surface area contributed by atoms with Gasteiger partial charge >= 0.3 is 0 Å². The van der Waals surface area contributed by atoms with Crippen LogP contribution in [0.25, 0.3) is 0 Å². The van der Waals surface area contributed by atoms with Crippen molar-refractivity contribution in [2.24, 2.45) is 0 Å². The lowest BCUT2D eigenvalue weighted by molar-refractivity contribution is -0.132. The second-order valence-electron chi connectivity index (χ2n) is 4.72. The molecule has 4 nitrogen and oxygen atoms in total. The highest BCUT2D eigenvalue weighted by Crippen LogP contribution is 2.39. The van der Waals surface area contributed by atoms with Gasteiger partial charge in [-0.05, 0) is 32.4 Å². The van der Waals surface area contributed by atoms with Gasteiger partial charge in [0.2, 0.25) is 0 Å². The predicted molar refractivity (Wildman–Crippen MR) is 65.5 cm³/mol. The zero-order chi connectivity index (χ0) is 12.6. The van der Waals surface area contributed by atoms with Crippen LogP contribution in [-0.4, -0.2) is 23.2 Å². The minimum Gasteiger partial charge on any atom is -0.508 e. The number of phenolic OH excluding ortho intramolecular Hbond substituents is 1. The van der Waals surface area contributed by atoms with E-state index in [4.69, 9.17) is 4.74 Å². The number of phenols is 1. The summed E-state index contributed by atoms with van der Waals surface area (Å²) in [6.07, 6.45) is 0.877. The number of hydrogen-bond donors (Lipinski definition) is 1. The van der Waals surface area contributed by atoms with E-state index < -0.39 is 5.60 Å². The van der Waals surface area contributed by atoms with Crippen LogP contribution in [0.4, 0.5) is 5.69 Å². The van der Waals surface area contributed by atoms with Gasteiger partial charge in [-0.2, -0.15) is 0 Å². The van der Waals surface area contributed by atoms with Crippen molar-refractivity contribution in [1.82, 2.24) is 0 Å². The van der Waals surface area contributed by atoms with Crippen LogP contribution >= 0.6 is 0 Å². The first-order valence-electron chi connectivity index (χ1n) is 5.79. The first-order valence-corrected chi connectivity index (χ1v) is 5.79. The van der Waals surface area contributed by atoms with Crippen molar-refractivity contribution in [3.8, 4) is 11.5 Å². The molecule has 1 aliphatic rings. The van der Waals surface area contributed by atoms with Crippen LogP contribution in [0.5, 0.6) is 11.5 Å². The summed E-state index contributed by atoms with van der Waals surface area (Å²) in [5.41, 5.74) is -0.148. The number of carbonyl (C=O) groups excluding carboxylic acids is 1. The van der Waals surface area contributed by atoms with Gasteiger partial charge in [0.05, 0.1) is 5.69 Å². The highest BCUT2D eigenvalue weighted by atomic mass is 16.5. The van der Waals surface area contributed by atoms with E-state index in [2.05, 4.69) is 0 Å². The number of aromatic hydroxyl groups is 1. The van der Waals surface area contributed by atoms with E-state index in [1.165, 1.54) is 0 Å². The van der Waals surface area contributed by atoms with E-state index in [-0.39, 0.29) is 11.7 Å². The van der Waals surface area contributed by atoms with Crippen LogP contribution in [0.1, 0.15) is 27.2 Å². The van der Waals surface area contributed by atoms with E-state index >= 15 is 0 Å².